The molecule has 0 fully saturated rings. The van der Waals surface area contributed by atoms with Crippen molar-refractivity contribution in [2.24, 2.45) is 0 Å². The Balaban J connectivity index is 2.06. The van der Waals surface area contributed by atoms with Crippen LogP contribution in [0.3, 0.4) is 0 Å². The van der Waals surface area contributed by atoms with Gasteiger partial charge in [-0.05, 0) is 34.5 Å². The first-order valence-corrected chi connectivity index (χ1v) is 6.34. The van der Waals surface area contributed by atoms with E-state index in [4.69, 9.17) is 11.6 Å². The number of aliphatic hydroxyl groups is 1. The van der Waals surface area contributed by atoms with Gasteiger partial charge in [-0.1, -0.05) is 11.6 Å². The van der Waals surface area contributed by atoms with Gasteiger partial charge >= 0.3 is 0 Å². The smallest absolute Gasteiger partial charge is 0.0932 e. The van der Waals surface area contributed by atoms with Crippen molar-refractivity contribution in [2.75, 3.05) is 0 Å². The molecule has 1 atom stereocenters. The molecule has 0 spiro atoms. The number of aliphatic hydroxyl groups excluding tert-OH is 1. The van der Waals surface area contributed by atoms with Gasteiger partial charge in [0.1, 0.15) is 0 Å². The van der Waals surface area contributed by atoms with Crippen molar-refractivity contribution in [2.45, 2.75) is 12.5 Å². The van der Waals surface area contributed by atoms with Gasteiger partial charge in [0, 0.05) is 11.3 Å². The molecule has 0 radical (unpaired) electrons. The van der Waals surface area contributed by atoms with Gasteiger partial charge in [-0.15, -0.1) is 11.3 Å². The van der Waals surface area contributed by atoms with E-state index in [1.54, 1.807) is 11.3 Å². The van der Waals surface area contributed by atoms with E-state index in [1.807, 2.05) is 23.6 Å². The van der Waals surface area contributed by atoms with Crippen LogP contribution in [0, 0.1) is 0 Å². The molecule has 0 bridgehead atoms. The molecule has 4 heteroatoms. The van der Waals surface area contributed by atoms with Crippen LogP contribution >= 0.6 is 34.3 Å². The zero-order valence-electron chi connectivity index (χ0n) is 7.31. The molecule has 74 valence electrons. The van der Waals surface area contributed by atoms with Crippen LogP contribution in [0.25, 0.3) is 0 Å². The maximum Gasteiger partial charge on any atom is 0.0932 e. The fourth-order valence-corrected chi connectivity index (χ4v) is 2.97. The summed E-state index contributed by atoms with van der Waals surface area (Å²) >= 11 is 8.88. The minimum atomic E-state index is -0.429. The molecule has 0 saturated carbocycles. The number of halogens is 1. The third-order valence-electron chi connectivity index (χ3n) is 1.93. The van der Waals surface area contributed by atoms with Crippen LogP contribution in [0.1, 0.15) is 16.5 Å². The lowest BCUT2D eigenvalue weighted by atomic mass is 10.1. The van der Waals surface area contributed by atoms with E-state index in [1.165, 1.54) is 16.9 Å². The monoisotopic (exact) mass is 244 g/mol. The summed E-state index contributed by atoms with van der Waals surface area (Å²) in [5, 5.41) is 13.9. The van der Waals surface area contributed by atoms with Crippen LogP contribution in [-0.4, -0.2) is 5.11 Å². The van der Waals surface area contributed by atoms with Gasteiger partial charge in [0.2, 0.25) is 0 Å². The zero-order chi connectivity index (χ0) is 9.97. The van der Waals surface area contributed by atoms with Gasteiger partial charge in [-0.2, -0.15) is 11.3 Å². The molecule has 2 rings (SSSR count). The normalized spacial score (nSPS) is 13.0. The summed E-state index contributed by atoms with van der Waals surface area (Å²) in [6.45, 7) is 0. The SMILES string of the molecule is OC(Cc1ccsc1)c1ccc(Cl)s1. The Morgan fingerprint density at radius 1 is 1.36 bits per heavy atom. The maximum absolute atomic E-state index is 9.86. The van der Waals surface area contributed by atoms with E-state index < -0.39 is 6.10 Å². The average Bonchev–Trinajstić information content (AvgIpc) is 2.75. The second kappa shape index (κ2) is 4.45. The number of hydrogen-bond donors (Lipinski definition) is 1. The number of rotatable bonds is 3. The topological polar surface area (TPSA) is 20.2 Å². The van der Waals surface area contributed by atoms with Crippen LogP contribution in [0.15, 0.2) is 29.0 Å². The van der Waals surface area contributed by atoms with Crippen LogP contribution in [0.2, 0.25) is 4.34 Å². The highest BCUT2D eigenvalue weighted by Gasteiger charge is 2.10. The molecular weight excluding hydrogens is 236 g/mol. The Labute approximate surface area is 95.6 Å². The lowest BCUT2D eigenvalue weighted by molar-refractivity contribution is 0.182. The van der Waals surface area contributed by atoms with E-state index in [9.17, 15) is 5.11 Å². The van der Waals surface area contributed by atoms with Crippen LogP contribution in [0.5, 0.6) is 0 Å². The number of hydrogen-bond acceptors (Lipinski definition) is 3. The molecule has 0 amide bonds. The molecule has 14 heavy (non-hydrogen) atoms. The van der Waals surface area contributed by atoms with Crippen LogP contribution < -0.4 is 0 Å². The van der Waals surface area contributed by atoms with E-state index in [0.29, 0.717) is 6.42 Å². The quantitative estimate of drug-likeness (QED) is 0.872. The fourth-order valence-electron chi connectivity index (χ4n) is 1.24. The fraction of sp³-hybridized carbons (Fsp3) is 0.200. The molecule has 0 aliphatic heterocycles. The average molecular weight is 245 g/mol. The second-order valence-corrected chi connectivity index (χ2v) is 5.52. The predicted molar refractivity (Wildman–Crippen MR) is 62.3 cm³/mol. The summed E-state index contributed by atoms with van der Waals surface area (Å²) in [4.78, 5) is 0.932. The van der Waals surface area contributed by atoms with Crippen LogP contribution in [0.4, 0.5) is 0 Å². The molecule has 1 nitrogen and oxygen atoms in total. The van der Waals surface area contributed by atoms with Crippen molar-refractivity contribution in [3.05, 3.63) is 43.7 Å². The van der Waals surface area contributed by atoms with E-state index in [-0.39, 0.29) is 0 Å². The lowest BCUT2D eigenvalue weighted by Gasteiger charge is -2.05. The molecule has 0 aliphatic carbocycles. The minimum absolute atomic E-state index is 0.429. The van der Waals surface area contributed by atoms with Gasteiger partial charge in [0.15, 0.2) is 0 Å². The van der Waals surface area contributed by atoms with Crippen molar-refractivity contribution in [3.8, 4) is 0 Å². The predicted octanol–water partition coefficient (Wildman–Crippen LogP) is 3.74. The highest BCUT2D eigenvalue weighted by molar-refractivity contribution is 7.16. The van der Waals surface area contributed by atoms with Gasteiger partial charge in [-0.25, -0.2) is 0 Å². The number of thiophene rings is 2. The van der Waals surface area contributed by atoms with Crippen molar-refractivity contribution in [3.63, 3.8) is 0 Å². The van der Waals surface area contributed by atoms with E-state index in [2.05, 4.69) is 5.38 Å². The summed E-state index contributed by atoms with van der Waals surface area (Å²) in [5.41, 5.74) is 1.17. The maximum atomic E-state index is 9.86. The Morgan fingerprint density at radius 2 is 2.21 bits per heavy atom. The first kappa shape index (κ1) is 10.2. The molecular formula is C10H9ClOS2. The molecule has 2 aromatic heterocycles. The molecule has 0 aromatic carbocycles. The molecule has 2 aromatic rings. The summed E-state index contributed by atoms with van der Waals surface area (Å²) in [7, 11) is 0. The van der Waals surface area contributed by atoms with E-state index in [0.717, 1.165) is 9.21 Å². The summed E-state index contributed by atoms with van der Waals surface area (Å²) in [6.07, 6.45) is 0.238. The standard InChI is InChI=1S/C10H9ClOS2/c11-10-2-1-9(14-10)8(12)5-7-3-4-13-6-7/h1-4,6,8,12H,5H2. The minimum Gasteiger partial charge on any atom is -0.387 e. The first-order chi connectivity index (χ1) is 6.75. The Kier molecular flexibility index (Phi) is 3.23. The van der Waals surface area contributed by atoms with E-state index >= 15 is 0 Å². The Morgan fingerprint density at radius 3 is 2.79 bits per heavy atom. The summed E-state index contributed by atoms with van der Waals surface area (Å²) in [6, 6.07) is 5.73. The third kappa shape index (κ3) is 2.36. The van der Waals surface area contributed by atoms with Gasteiger partial charge in [0.05, 0.1) is 10.4 Å². The first-order valence-electron chi connectivity index (χ1n) is 4.20. The molecule has 2 heterocycles. The van der Waals surface area contributed by atoms with Gasteiger partial charge in [0.25, 0.3) is 0 Å². The zero-order valence-corrected chi connectivity index (χ0v) is 9.70. The van der Waals surface area contributed by atoms with Gasteiger partial charge in [-0.3, -0.25) is 0 Å². The highest BCUT2D eigenvalue weighted by atomic mass is 35.5. The van der Waals surface area contributed by atoms with Crippen molar-refractivity contribution < 1.29 is 5.11 Å². The Hall–Kier alpha value is -0.350. The third-order valence-corrected chi connectivity index (χ3v) is 4.00. The highest BCUT2D eigenvalue weighted by Crippen LogP contribution is 2.29. The van der Waals surface area contributed by atoms with Crippen molar-refractivity contribution in [1.82, 2.24) is 0 Å². The lowest BCUT2D eigenvalue weighted by Crippen LogP contribution is -1.97. The molecule has 1 unspecified atom stereocenters. The Bertz CT molecular complexity index is 394. The van der Waals surface area contributed by atoms with Gasteiger partial charge < -0.3 is 5.11 Å². The van der Waals surface area contributed by atoms with Crippen molar-refractivity contribution in [1.29, 1.82) is 0 Å². The molecule has 0 aliphatic rings. The van der Waals surface area contributed by atoms with Crippen LogP contribution in [-0.2, 0) is 6.42 Å². The largest absolute Gasteiger partial charge is 0.387 e. The molecule has 0 saturated heterocycles. The summed E-state index contributed by atoms with van der Waals surface area (Å²) < 4.78 is 0.726. The van der Waals surface area contributed by atoms with Crippen molar-refractivity contribution >= 4 is 34.3 Å². The molecule has 1 N–H and O–H groups in total. The second-order valence-electron chi connectivity index (χ2n) is 2.99. The summed E-state index contributed by atoms with van der Waals surface area (Å²) in [5.74, 6) is 0.